The molecule has 0 aromatic rings. The Morgan fingerprint density at radius 2 is 1.90 bits per heavy atom. The van der Waals surface area contributed by atoms with E-state index in [9.17, 15) is 4.79 Å². The van der Waals surface area contributed by atoms with Crippen molar-refractivity contribution in [3.05, 3.63) is 13.8 Å². The van der Waals surface area contributed by atoms with Crippen LogP contribution in [0.2, 0.25) is 0 Å². The Labute approximate surface area is 86.0 Å². The van der Waals surface area contributed by atoms with E-state index in [0.29, 0.717) is 6.54 Å². The molecular weight excluding hydrogens is 356 g/mol. The van der Waals surface area contributed by atoms with Crippen LogP contribution < -0.4 is 5.32 Å². The Bertz CT molecular complexity index is 68.8. The molecule has 0 aliphatic heterocycles. The minimum atomic E-state index is -0.0231. The Kier molecular flexibility index (Phi) is 27.3. The topological polar surface area (TPSA) is 49.3 Å². The van der Waals surface area contributed by atoms with Crippen molar-refractivity contribution in [2.45, 2.75) is 6.92 Å². The third-order valence-corrected chi connectivity index (χ3v) is 0.374. The van der Waals surface area contributed by atoms with E-state index >= 15 is 0 Å². The molecule has 0 atom stereocenters. The molecular formula is C6H13NO2U. The van der Waals surface area contributed by atoms with Gasteiger partial charge in [-0.1, -0.05) is 6.61 Å². The molecule has 0 aromatic carbocycles. The number of nitrogens with one attached hydrogen (secondary N) is 1. The van der Waals surface area contributed by atoms with Crippen molar-refractivity contribution < 1.29 is 41.0 Å². The molecule has 58 valence electrons. The van der Waals surface area contributed by atoms with Crippen molar-refractivity contribution in [2.75, 3.05) is 13.2 Å². The van der Waals surface area contributed by atoms with Gasteiger partial charge in [-0.2, -0.15) is 0 Å². The number of aliphatic hydroxyl groups excluding tert-OH is 1. The summed E-state index contributed by atoms with van der Waals surface area (Å²) in [6, 6.07) is 0. The van der Waals surface area contributed by atoms with Crippen molar-refractivity contribution >= 4 is 5.91 Å². The third kappa shape index (κ3) is 39.2. The van der Waals surface area contributed by atoms with Gasteiger partial charge in [0, 0.05) is 6.92 Å². The van der Waals surface area contributed by atoms with E-state index in [2.05, 4.69) is 19.2 Å². The number of carbonyl (C=O) groups is 1. The molecule has 2 N–H and O–H groups in total. The molecule has 10 heavy (non-hydrogen) atoms. The van der Waals surface area contributed by atoms with E-state index in [-0.39, 0.29) is 43.6 Å². The van der Waals surface area contributed by atoms with E-state index in [1.807, 2.05) is 0 Å². The summed E-state index contributed by atoms with van der Waals surface area (Å²) >= 11 is 0. The van der Waals surface area contributed by atoms with Gasteiger partial charge in [0.15, 0.2) is 0 Å². The number of carbonyl (C=O) groups excluding carboxylic acids is 1. The summed E-state index contributed by atoms with van der Waals surface area (Å²) < 4.78 is 0. The number of aliphatic hydroxyl groups is 1. The first-order chi connectivity index (χ1) is 4.18. The van der Waals surface area contributed by atoms with Gasteiger partial charge in [0.05, 0.1) is 0 Å². The maximum Gasteiger partial charge on any atom is 2.00 e. The number of amides is 1. The Balaban J connectivity index is -0.000000107. The molecule has 0 saturated heterocycles. The largest absolute Gasteiger partial charge is 2.00 e. The Morgan fingerprint density at radius 3 is 1.90 bits per heavy atom. The first-order valence-electron chi connectivity index (χ1n) is 2.62. The van der Waals surface area contributed by atoms with Gasteiger partial charge >= 0.3 is 31.1 Å². The molecule has 4 heteroatoms. The van der Waals surface area contributed by atoms with Crippen molar-refractivity contribution in [1.29, 1.82) is 0 Å². The van der Waals surface area contributed by atoms with Gasteiger partial charge in [-0.3, -0.25) is 4.79 Å². The number of hydrogen-bond donors (Lipinski definition) is 2. The molecule has 0 aliphatic rings. The van der Waals surface area contributed by atoms with Crippen LogP contribution in [0.25, 0.3) is 0 Å². The fraction of sp³-hybridized carbons (Fsp3) is 0.500. The van der Waals surface area contributed by atoms with Crippen molar-refractivity contribution in [2.24, 2.45) is 0 Å². The zero-order valence-corrected chi connectivity index (χ0v) is 10.3. The van der Waals surface area contributed by atoms with Crippen LogP contribution in [0, 0.1) is 45.0 Å². The van der Waals surface area contributed by atoms with Gasteiger partial charge < -0.3 is 24.3 Å². The summed E-state index contributed by atoms with van der Waals surface area (Å²) in [6.07, 6.45) is 0. The Hall–Kier alpha value is 0.482. The summed E-state index contributed by atoms with van der Waals surface area (Å²) in [7, 11) is 0. The van der Waals surface area contributed by atoms with Crippen LogP contribution in [0.4, 0.5) is 0 Å². The summed E-state index contributed by atoms with van der Waals surface area (Å²) in [5, 5.41) is 9.92. The molecule has 0 bridgehead atoms. The van der Waals surface area contributed by atoms with Gasteiger partial charge in [-0.15, -0.1) is 6.54 Å². The molecule has 1 amide bonds. The maximum atomic E-state index is 9.89. The molecule has 0 aliphatic carbocycles. The second-order valence-corrected chi connectivity index (χ2v) is 1.21. The molecule has 0 unspecified atom stereocenters. The molecule has 0 fully saturated rings. The van der Waals surface area contributed by atoms with Crippen LogP contribution in [0.1, 0.15) is 6.92 Å². The summed E-state index contributed by atoms with van der Waals surface area (Å²) in [5.74, 6) is -0.0231. The van der Waals surface area contributed by atoms with E-state index < -0.39 is 0 Å². The van der Waals surface area contributed by atoms with Crippen LogP contribution in [-0.4, -0.2) is 24.2 Å². The minimum absolute atomic E-state index is 0. The average molecular weight is 369 g/mol. The molecule has 0 heterocycles. The van der Waals surface area contributed by atoms with E-state index in [1.54, 1.807) is 0 Å². The Morgan fingerprint density at radius 1 is 1.60 bits per heavy atom. The van der Waals surface area contributed by atoms with Crippen LogP contribution in [0.5, 0.6) is 0 Å². The maximum absolute atomic E-state index is 9.89. The van der Waals surface area contributed by atoms with Crippen LogP contribution in [0.15, 0.2) is 0 Å². The smallest absolute Gasteiger partial charge is 0.428 e. The van der Waals surface area contributed by atoms with Gasteiger partial charge in [-0.05, 0) is 0 Å². The zero-order chi connectivity index (χ0) is 7.70. The summed E-state index contributed by atoms with van der Waals surface area (Å²) in [6.45, 7) is 8.38. The summed E-state index contributed by atoms with van der Waals surface area (Å²) in [4.78, 5) is 9.89. The third-order valence-electron chi connectivity index (χ3n) is 0.374. The first kappa shape index (κ1) is 16.8. The van der Waals surface area contributed by atoms with Gasteiger partial charge in [0.2, 0.25) is 5.91 Å². The quantitative estimate of drug-likeness (QED) is 0.628. The SMILES string of the molecule is [CH2-]CNC(C)=O.[CH2-]CO.[U+2]. The van der Waals surface area contributed by atoms with E-state index in [0.717, 1.165) is 0 Å². The van der Waals surface area contributed by atoms with E-state index in [1.165, 1.54) is 6.92 Å². The monoisotopic (exact) mass is 369 g/mol. The standard InChI is InChI=1S/C4H8NO.C2H5O.U/c1-3-5-4(2)6;1-2-3;/h1,3H2,2H3,(H,5,6);3H,1-2H2;/q2*-1;+2. The van der Waals surface area contributed by atoms with Gasteiger partial charge in [0.25, 0.3) is 0 Å². The number of hydrogen-bond acceptors (Lipinski definition) is 2. The molecule has 0 aromatic heterocycles. The second kappa shape index (κ2) is 16.2. The van der Waals surface area contributed by atoms with Crippen molar-refractivity contribution in [1.82, 2.24) is 5.32 Å². The zero-order valence-electron chi connectivity index (χ0n) is 6.18. The predicted molar refractivity (Wildman–Crippen MR) is 36.5 cm³/mol. The molecule has 3 nitrogen and oxygen atoms in total. The van der Waals surface area contributed by atoms with Crippen LogP contribution in [0.3, 0.4) is 0 Å². The van der Waals surface area contributed by atoms with Crippen LogP contribution in [-0.2, 0) is 4.79 Å². The number of rotatable bonds is 1. The fourth-order valence-electron chi connectivity index (χ4n) is 0.176. The van der Waals surface area contributed by atoms with Gasteiger partial charge in [0.1, 0.15) is 0 Å². The average Bonchev–Trinajstić information content (AvgIpc) is 1.67. The van der Waals surface area contributed by atoms with Crippen LogP contribution >= 0.6 is 0 Å². The fourth-order valence-corrected chi connectivity index (χ4v) is 0.176. The molecule has 0 saturated carbocycles. The minimum Gasteiger partial charge on any atom is -0.428 e. The molecule has 0 spiro atoms. The normalized spacial score (nSPS) is 6.40. The summed E-state index contributed by atoms with van der Waals surface area (Å²) in [5.41, 5.74) is 0. The second-order valence-electron chi connectivity index (χ2n) is 1.21. The molecule has 0 rings (SSSR count). The predicted octanol–water partition coefficient (Wildman–Crippen LogP) is -0.231. The van der Waals surface area contributed by atoms with Crippen molar-refractivity contribution in [3.63, 3.8) is 0 Å². The van der Waals surface area contributed by atoms with E-state index in [4.69, 9.17) is 5.11 Å². The van der Waals surface area contributed by atoms with Gasteiger partial charge in [-0.25, -0.2) is 0 Å². The first-order valence-corrected chi connectivity index (χ1v) is 2.62. The van der Waals surface area contributed by atoms with Crippen molar-refractivity contribution in [3.8, 4) is 0 Å². The molecule has 0 radical (unpaired) electrons.